The van der Waals surface area contributed by atoms with Gasteiger partial charge in [0.15, 0.2) is 0 Å². The van der Waals surface area contributed by atoms with E-state index in [1.807, 2.05) is 18.2 Å². The van der Waals surface area contributed by atoms with Crippen molar-refractivity contribution >= 4 is 17.7 Å². The van der Waals surface area contributed by atoms with E-state index in [-0.39, 0.29) is 10.8 Å². The third-order valence-electron chi connectivity index (χ3n) is 4.14. The number of ether oxygens (including phenoxy) is 1. The molecule has 138 valence electrons. The number of amides is 1. The highest BCUT2D eigenvalue weighted by Gasteiger charge is 2.33. The van der Waals surface area contributed by atoms with Crippen LogP contribution in [0.5, 0.6) is 5.75 Å². The molecule has 1 heterocycles. The number of nitrogens with zero attached hydrogens (tertiary/aromatic N) is 1. The molecule has 0 radical (unpaired) electrons. The fraction of sp³-hybridized carbons (Fsp3) is 0.316. The van der Waals surface area contributed by atoms with Gasteiger partial charge in [-0.25, -0.2) is 0 Å². The van der Waals surface area contributed by atoms with Gasteiger partial charge in [-0.05, 0) is 24.1 Å². The Morgan fingerprint density at radius 2 is 1.73 bits per heavy atom. The van der Waals surface area contributed by atoms with Crippen molar-refractivity contribution in [2.45, 2.75) is 18.0 Å². The number of hydrogen-bond acceptors (Lipinski definition) is 3. The van der Waals surface area contributed by atoms with E-state index in [0.717, 1.165) is 12.2 Å². The smallest absolute Gasteiger partial charge is 0.405 e. The molecule has 0 bridgehead atoms. The quantitative estimate of drug-likeness (QED) is 0.757. The summed E-state index contributed by atoms with van der Waals surface area (Å²) in [4.78, 5) is 14.4. The van der Waals surface area contributed by atoms with Gasteiger partial charge in [0, 0.05) is 24.1 Å². The van der Waals surface area contributed by atoms with Gasteiger partial charge in [0.2, 0.25) is 0 Å². The molecule has 7 heteroatoms. The molecule has 1 amide bonds. The van der Waals surface area contributed by atoms with E-state index in [9.17, 15) is 18.0 Å². The van der Waals surface area contributed by atoms with E-state index in [0.29, 0.717) is 13.1 Å². The fourth-order valence-electron chi connectivity index (χ4n) is 2.93. The molecule has 26 heavy (non-hydrogen) atoms. The van der Waals surface area contributed by atoms with Crippen molar-refractivity contribution in [1.82, 2.24) is 4.90 Å². The molecule has 0 N–H and O–H groups in total. The largest absolute Gasteiger partial charge is 0.573 e. The number of para-hydroxylation sites is 1. The number of rotatable bonds is 3. The molecule has 0 aliphatic carbocycles. The molecule has 2 aromatic carbocycles. The number of alkyl halides is 3. The first-order valence-corrected chi connectivity index (χ1v) is 9.29. The Bertz CT molecular complexity index is 752. The lowest BCUT2D eigenvalue weighted by Crippen LogP contribution is -2.33. The van der Waals surface area contributed by atoms with Gasteiger partial charge in [-0.15, -0.1) is 13.2 Å². The lowest BCUT2D eigenvalue weighted by Gasteiger charge is -2.22. The van der Waals surface area contributed by atoms with Crippen LogP contribution in [0.15, 0.2) is 54.6 Å². The van der Waals surface area contributed by atoms with Gasteiger partial charge in [-0.1, -0.05) is 42.5 Å². The maximum absolute atomic E-state index is 12.8. The van der Waals surface area contributed by atoms with Crippen LogP contribution >= 0.6 is 11.8 Å². The fourth-order valence-corrected chi connectivity index (χ4v) is 4.17. The molecule has 2 aromatic rings. The van der Waals surface area contributed by atoms with Crippen LogP contribution in [0.2, 0.25) is 0 Å². The minimum Gasteiger partial charge on any atom is -0.405 e. The molecule has 1 fully saturated rings. The zero-order valence-corrected chi connectivity index (χ0v) is 14.7. The van der Waals surface area contributed by atoms with E-state index in [4.69, 9.17) is 0 Å². The van der Waals surface area contributed by atoms with Gasteiger partial charge in [-0.3, -0.25) is 4.79 Å². The molecule has 1 saturated heterocycles. The van der Waals surface area contributed by atoms with Crippen molar-refractivity contribution in [3.8, 4) is 5.75 Å². The Kier molecular flexibility index (Phi) is 5.76. The van der Waals surface area contributed by atoms with E-state index in [2.05, 4.69) is 16.9 Å². The SMILES string of the molecule is O=C(c1ccccc1OC(F)(F)F)N1CCSC(c2ccccc2)CC1. The van der Waals surface area contributed by atoms with Crippen molar-refractivity contribution < 1.29 is 22.7 Å². The predicted octanol–water partition coefficient (Wildman–Crippen LogP) is 4.91. The number of hydrogen-bond donors (Lipinski definition) is 0. The number of carbonyl (C=O) groups is 1. The van der Waals surface area contributed by atoms with E-state index in [1.165, 1.54) is 29.8 Å². The Morgan fingerprint density at radius 3 is 2.46 bits per heavy atom. The molecule has 3 nitrogen and oxygen atoms in total. The first-order valence-electron chi connectivity index (χ1n) is 8.24. The topological polar surface area (TPSA) is 29.5 Å². The minimum absolute atomic E-state index is 0.0620. The van der Waals surface area contributed by atoms with Gasteiger partial charge >= 0.3 is 6.36 Å². The van der Waals surface area contributed by atoms with Crippen molar-refractivity contribution in [2.24, 2.45) is 0 Å². The van der Waals surface area contributed by atoms with Crippen LogP contribution in [0.4, 0.5) is 13.2 Å². The van der Waals surface area contributed by atoms with Crippen molar-refractivity contribution in [1.29, 1.82) is 0 Å². The maximum Gasteiger partial charge on any atom is 0.573 e. The second-order valence-corrected chi connectivity index (χ2v) is 7.21. The summed E-state index contributed by atoms with van der Waals surface area (Å²) < 4.78 is 41.8. The van der Waals surface area contributed by atoms with Crippen LogP contribution in [-0.4, -0.2) is 36.0 Å². The Hall–Kier alpha value is -2.15. The third-order valence-corrected chi connectivity index (χ3v) is 5.47. The van der Waals surface area contributed by atoms with E-state index >= 15 is 0 Å². The first-order chi connectivity index (χ1) is 12.4. The van der Waals surface area contributed by atoms with Crippen LogP contribution in [0, 0.1) is 0 Å². The van der Waals surface area contributed by atoms with Crippen LogP contribution in [0.1, 0.15) is 27.6 Å². The van der Waals surface area contributed by atoms with Gasteiger partial charge in [-0.2, -0.15) is 11.8 Å². The molecular formula is C19H18F3NO2S. The lowest BCUT2D eigenvalue weighted by molar-refractivity contribution is -0.274. The second kappa shape index (κ2) is 8.03. The highest BCUT2D eigenvalue weighted by molar-refractivity contribution is 7.99. The monoisotopic (exact) mass is 381 g/mol. The van der Waals surface area contributed by atoms with E-state index in [1.54, 1.807) is 16.7 Å². The average molecular weight is 381 g/mol. The first kappa shape index (κ1) is 18.6. The molecule has 3 rings (SSSR count). The van der Waals surface area contributed by atoms with Crippen molar-refractivity contribution in [3.63, 3.8) is 0 Å². The highest BCUT2D eigenvalue weighted by Crippen LogP contribution is 2.35. The third kappa shape index (κ3) is 4.72. The molecule has 1 aliphatic rings. The number of halogens is 3. The zero-order chi connectivity index (χ0) is 18.6. The summed E-state index contributed by atoms with van der Waals surface area (Å²) in [6, 6.07) is 15.5. The minimum atomic E-state index is -4.83. The highest BCUT2D eigenvalue weighted by atomic mass is 32.2. The summed E-state index contributed by atoms with van der Waals surface area (Å²) in [5, 5.41) is 0.274. The Labute approximate surface area is 154 Å². The molecular weight excluding hydrogens is 363 g/mol. The second-order valence-electron chi connectivity index (χ2n) is 5.89. The summed E-state index contributed by atoms with van der Waals surface area (Å²) in [5.41, 5.74) is 1.14. The number of thioether (sulfide) groups is 1. The normalized spacial score (nSPS) is 18.3. The van der Waals surface area contributed by atoms with Gasteiger partial charge in [0.05, 0.1) is 5.56 Å². The lowest BCUT2D eigenvalue weighted by atomic mass is 10.1. The predicted molar refractivity (Wildman–Crippen MR) is 95.3 cm³/mol. The summed E-state index contributed by atoms with van der Waals surface area (Å²) in [6.07, 6.45) is -4.08. The maximum atomic E-state index is 12.8. The standard InChI is InChI=1S/C19H18F3NO2S/c20-19(21,22)25-16-9-5-4-8-15(16)18(24)23-11-10-17(26-13-12-23)14-6-2-1-3-7-14/h1-9,17H,10-13H2. The summed E-state index contributed by atoms with van der Waals surface area (Å²) in [6.45, 7) is 0.985. The molecule has 1 atom stereocenters. The van der Waals surface area contributed by atoms with Crippen LogP contribution < -0.4 is 4.74 Å². The van der Waals surface area contributed by atoms with Crippen molar-refractivity contribution in [3.05, 3.63) is 65.7 Å². The van der Waals surface area contributed by atoms with Crippen LogP contribution in [0.3, 0.4) is 0 Å². The molecule has 1 aliphatic heterocycles. The van der Waals surface area contributed by atoms with Gasteiger partial charge in [0.1, 0.15) is 5.75 Å². The summed E-state index contributed by atoms with van der Waals surface area (Å²) in [7, 11) is 0. The molecule has 0 spiro atoms. The zero-order valence-electron chi connectivity index (χ0n) is 13.9. The van der Waals surface area contributed by atoms with Crippen molar-refractivity contribution in [2.75, 3.05) is 18.8 Å². The summed E-state index contributed by atoms with van der Waals surface area (Å²) >= 11 is 1.76. The molecule has 0 aromatic heterocycles. The average Bonchev–Trinajstić information content (AvgIpc) is 2.87. The van der Waals surface area contributed by atoms with Crippen LogP contribution in [-0.2, 0) is 0 Å². The Balaban J connectivity index is 1.73. The summed E-state index contributed by atoms with van der Waals surface area (Å²) in [5.74, 6) is -0.159. The van der Waals surface area contributed by atoms with E-state index < -0.39 is 18.0 Å². The van der Waals surface area contributed by atoms with Gasteiger partial charge in [0.25, 0.3) is 5.91 Å². The number of benzene rings is 2. The molecule has 1 unspecified atom stereocenters. The van der Waals surface area contributed by atoms with Crippen LogP contribution in [0.25, 0.3) is 0 Å². The Morgan fingerprint density at radius 1 is 1.04 bits per heavy atom. The van der Waals surface area contributed by atoms with Gasteiger partial charge < -0.3 is 9.64 Å². The molecule has 0 saturated carbocycles. The number of carbonyl (C=O) groups excluding carboxylic acids is 1.